The molecule has 18 heavy (non-hydrogen) atoms. The number of halogens is 2. The first-order chi connectivity index (χ1) is 8.79. The van der Waals surface area contributed by atoms with E-state index < -0.39 is 0 Å². The lowest BCUT2D eigenvalue weighted by atomic mass is 10.2. The van der Waals surface area contributed by atoms with Gasteiger partial charge in [-0.2, -0.15) is 0 Å². The number of ether oxygens (including phenoxy) is 3. The van der Waals surface area contributed by atoms with E-state index in [-0.39, 0.29) is 0 Å². The summed E-state index contributed by atoms with van der Waals surface area (Å²) < 4.78 is 15.8. The van der Waals surface area contributed by atoms with E-state index in [1.165, 1.54) is 0 Å². The fourth-order valence-electron chi connectivity index (χ4n) is 1.39. The van der Waals surface area contributed by atoms with Crippen LogP contribution in [0.4, 0.5) is 0 Å². The van der Waals surface area contributed by atoms with Crippen molar-refractivity contribution in [1.82, 2.24) is 0 Å². The molecule has 0 saturated heterocycles. The smallest absolute Gasteiger partial charge is 0.125 e. The third kappa shape index (κ3) is 5.44. The van der Waals surface area contributed by atoms with Gasteiger partial charge in [0.05, 0.1) is 25.7 Å². The Morgan fingerprint density at radius 2 is 1.94 bits per heavy atom. The van der Waals surface area contributed by atoms with Gasteiger partial charge in [0.1, 0.15) is 5.75 Å². The van der Waals surface area contributed by atoms with Crippen molar-refractivity contribution in [2.24, 2.45) is 0 Å². The van der Waals surface area contributed by atoms with Crippen LogP contribution in [0.25, 0.3) is 0 Å². The van der Waals surface area contributed by atoms with Gasteiger partial charge in [0.15, 0.2) is 0 Å². The number of rotatable bonds is 9. The van der Waals surface area contributed by atoms with Gasteiger partial charge in [-0.3, -0.25) is 0 Å². The largest absolute Gasteiger partial charge is 0.493 e. The van der Waals surface area contributed by atoms with Crippen molar-refractivity contribution in [2.75, 3.05) is 33.5 Å². The van der Waals surface area contributed by atoms with Crippen molar-refractivity contribution >= 4 is 23.2 Å². The zero-order valence-electron chi connectivity index (χ0n) is 10.5. The molecule has 3 nitrogen and oxygen atoms in total. The van der Waals surface area contributed by atoms with E-state index in [0.717, 1.165) is 17.7 Å². The predicted molar refractivity (Wildman–Crippen MR) is 73.8 cm³/mol. The van der Waals surface area contributed by atoms with E-state index in [1.54, 1.807) is 13.2 Å². The van der Waals surface area contributed by atoms with Crippen molar-refractivity contribution in [3.05, 3.63) is 28.8 Å². The Balaban J connectivity index is 2.25. The zero-order chi connectivity index (χ0) is 13.2. The van der Waals surface area contributed by atoms with Gasteiger partial charge in [-0.05, 0) is 12.1 Å². The Morgan fingerprint density at radius 3 is 2.67 bits per heavy atom. The number of benzene rings is 1. The summed E-state index contributed by atoms with van der Waals surface area (Å²) >= 11 is 11.9. The predicted octanol–water partition coefficient (Wildman–Crippen LogP) is 3.51. The van der Waals surface area contributed by atoms with E-state index in [1.807, 2.05) is 12.1 Å². The van der Waals surface area contributed by atoms with Gasteiger partial charge in [-0.25, -0.2) is 0 Å². The molecule has 0 fully saturated rings. The number of hydrogen-bond acceptors (Lipinski definition) is 3. The minimum atomic E-state index is 0.347. The lowest BCUT2D eigenvalue weighted by molar-refractivity contribution is 0.0644. The average Bonchev–Trinajstić information content (AvgIpc) is 2.38. The molecule has 1 aromatic carbocycles. The second-order valence-electron chi connectivity index (χ2n) is 3.66. The first-order valence-electron chi connectivity index (χ1n) is 5.82. The minimum absolute atomic E-state index is 0.347. The number of hydrogen-bond donors (Lipinski definition) is 0. The highest BCUT2D eigenvalue weighted by Gasteiger charge is 2.06. The molecule has 0 atom stereocenters. The molecular weight excluding hydrogens is 275 g/mol. The van der Waals surface area contributed by atoms with Gasteiger partial charge in [0.2, 0.25) is 0 Å². The highest BCUT2D eigenvalue weighted by Crippen LogP contribution is 2.27. The third-order valence-electron chi connectivity index (χ3n) is 2.33. The molecular formula is C13H18Cl2O3. The summed E-state index contributed by atoms with van der Waals surface area (Å²) in [6.45, 7) is 2.46. The van der Waals surface area contributed by atoms with Crippen LogP contribution < -0.4 is 4.74 Å². The van der Waals surface area contributed by atoms with Crippen LogP contribution in [0.5, 0.6) is 5.75 Å². The first kappa shape index (κ1) is 15.6. The summed E-state index contributed by atoms with van der Waals surface area (Å²) in [5.74, 6) is 1.09. The van der Waals surface area contributed by atoms with Crippen LogP contribution >= 0.6 is 23.2 Å². The molecule has 0 heterocycles. The van der Waals surface area contributed by atoms with Crippen molar-refractivity contribution in [1.29, 1.82) is 0 Å². The van der Waals surface area contributed by atoms with Crippen LogP contribution in [0.15, 0.2) is 18.2 Å². The van der Waals surface area contributed by atoms with Gasteiger partial charge < -0.3 is 14.2 Å². The fraction of sp³-hybridized carbons (Fsp3) is 0.538. The molecule has 0 bridgehead atoms. The van der Waals surface area contributed by atoms with Gasteiger partial charge in [-0.15, -0.1) is 11.6 Å². The van der Waals surface area contributed by atoms with Crippen LogP contribution in [0.1, 0.15) is 12.0 Å². The van der Waals surface area contributed by atoms with Crippen LogP contribution in [0.2, 0.25) is 5.02 Å². The maximum atomic E-state index is 6.02. The summed E-state index contributed by atoms with van der Waals surface area (Å²) in [5, 5.41) is 0.638. The quantitative estimate of drug-likeness (QED) is 0.515. The molecule has 0 aliphatic rings. The van der Waals surface area contributed by atoms with Crippen molar-refractivity contribution < 1.29 is 14.2 Å². The van der Waals surface area contributed by atoms with Gasteiger partial charge >= 0.3 is 0 Å². The van der Waals surface area contributed by atoms with E-state index in [4.69, 9.17) is 37.4 Å². The second kappa shape index (κ2) is 9.45. The third-order valence-corrected chi connectivity index (χ3v) is 2.95. The molecule has 5 heteroatoms. The van der Waals surface area contributed by atoms with E-state index in [2.05, 4.69) is 0 Å². The second-order valence-corrected chi connectivity index (χ2v) is 4.33. The highest BCUT2D eigenvalue weighted by molar-refractivity contribution is 6.32. The van der Waals surface area contributed by atoms with E-state index >= 15 is 0 Å². The average molecular weight is 293 g/mol. The lowest BCUT2D eigenvalue weighted by Gasteiger charge is -2.11. The molecule has 0 unspecified atom stereocenters. The van der Waals surface area contributed by atoms with Crippen LogP contribution in [-0.4, -0.2) is 33.5 Å². The fourth-order valence-corrected chi connectivity index (χ4v) is 1.97. The Hall–Kier alpha value is -0.480. The maximum absolute atomic E-state index is 6.02. The Morgan fingerprint density at radius 1 is 1.11 bits per heavy atom. The van der Waals surface area contributed by atoms with Gasteiger partial charge in [-0.1, -0.05) is 17.7 Å². The number of alkyl halides is 1. The normalized spacial score (nSPS) is 10.6. The molecule has 0 saturated carbocycles. The molecule has 0 aromatic heterocycles. The molecule has 0 N–H and O–H groups in total. The SMILES string of the molecule is COCCOCCCOc1cccc(Cl)c1CCl. The van der Waals surface area contributed by atoms with E-state index in [0.29, 0.717) is 37.3 Å². The molecule has 0 amide bonds. The molecule has 1 rings (SSSR count). The summed E-state index contributed by atoms with van der Waals surface area (Å²) in [6, 6.07) is 5.53. The molecule has 1 aromatic rings. The summed E-state index contributed by atoms with van der Waals surface area (Å²) in [5.41, 5.74) is 0.834. The molecule has 0 aliphatic heterocycles. The van der Waals surface area contributed by atoms with Crippen molar-refractivity contribution in [3.8, 4) is 5.75 Å². The maximum Gasteiger partial charge on any atom is 0.125 e. The standard InChI is InChI=1S/C13H18Cl2O3/c1-16-8-9-17-6-3-7-18-13-5-2-4-12(15)11(13)10-14/h2,4-5H,3,6-10H2,1H3. The highest BCUT2D eigenvalue weighted by atomic mass is 35.5. The summed E-state index contributed by atoms with van der Waals surface area (Å²) in [7, 11) is 1.65. The van der Waals surface area contributed by atoms with Crippen molar-refractivity contribution in [2.45, 2.75) is 12.3 Å². The Kier molecular flexibility index (Phi) is 8.18. The molecule has 102 valence electrons. The van der Waals surface area contributed by atoms with Crippen LogP contribution in [-0.2, 0) is 15.4 Å². The Bertz CT molecular complexity index is 345. The Labute approximate surface area is 118 Å². The van der Waals surface area contributed by atoms with Crippen molar-refractivity contribution in [3.63, 3.8) is 0 Å². The monoisotopic (exact) mass is 292 g/mol. The van der Waals surface area contributed by atoms with E-state index in [9.17, 15) is 0 Å². The van der Waals surface area contributed by atoms with Crippen LogP contribution in [0.3, 0.4) is 0 Å². The molecule has 0 spiro atoms. The van der Waals surface area contributed by atoms with Gasteiger partial charge in [0.25, 0.3) is 0 Å². The lowest BCUT2D eigenvalue weighted by Crippen LogP contribution is -2.07. The van der Waals surface area contributed by atoms with Crippen LogP contribution in [0, 0.1) is 0 Å². The summed E-state index contributed by atoms with van der Waals surface area (Å²) in [4.78, 5) is 0. The molecule has 0 aliphatic carbocycles. The van der Waals surface area contributed by atoms with Gasteiger partial charge in [0, 0.05) is 30.7 Å². The summed E-state index contributed by atoms with van der Waals surface area (Å²) in [6.07, 6.45) is 0.817. The number of methoxy groups -OCH3 is 1. The zero-order valence-corrected chi connectivity index (χ0v) is 12.0. The molecule has 0 radical (unpaired) electrons. The first-order valence-corrected chi connectivity index (χ1v) is 6.73. The topological polar surface area (TPSA) is 27.7 Å². The minimum Gasteiger partial charge on any atom is -0.493 e.